The van der Waals surface area contributed by atoms with Gasteiger partial charge in [-0.05, 0) is 40.8 Å². The number of benzene rings is 2. The van der Waals surface area contributed by atoms with Crippen LogP contribution in [-0.2, 0) is 22.0 Å². The molecule has 27 heavy (non-hydrogen) atoms. The van der Waals surface area contributed by atoms with Crippen LogP contribution in [0.25, 0.3) is 0 Å². The molecule has 0 atom stereocenters. The van der Waals surface area contributed by atoms with E-state index in [1.165, 1.54) is 23.1 Å². The van der Waals surface area contributed by atoms with Gasteiger partial charge in [0, 0.05) is 0 Å². The van der Waals surface area contributed by atoms with Gasteiger partial charge in [-0.25, -0.2) is 22.2 Å². The van der Waals surface area contributed by atoms with E-state index in [2.05, 4.69) is 35.6 Å². The fourth-order valence-corrected chi connectivity index (χ4v) is 3.45. The van der Waals surface area contributed by atoms with Crippen LogP contribution in [-0.4, -0.2) is 23.2 Å². The number of sulfonamides is 1. The molecule has 1 aromatic heterocycles. The number of aromatic nitrogens is 3. The third-order valence-corrected chi connectivity index (χ3v) is 5.39. The van der Waals surface area contributed by atoms with Crippen molar-refractivity contribution in [3.8, 4) is 0 Å². The molecule has 0 unspecified atom stereocenters. The first-order valence-corrected chi connectivity index (χ1v) is 9.89. The van der Waals surface area contributed by atoms with E-state index >= 15 is 0 Å². The van der Waals surface area contributed by atoms with E-state index in [1.807, 2.05) is 0 Å². The second-order valence-electron chi connectivity index (χ2n) is 7.27. The zero-order valence-electron chi connectivity index (χ0n) is 15.3. The number of hydrogen-bond donors (Lipinski definition) is 1. The zero-order valence-corrected chi connectivity index (χ0v) is 16.2. The topological polar surface area (TPSA) is 76.9 Å². The molecular formula is C19H21FN4O2S. The lowest BCUT2D eigenvalue weighted by Crippen LogP contribution is -2.16. The van der Waals surface area contributed by atoms with Crippen molar-refractivity contribution in [1.29, 1.82) is 0 Å². The van der Waals surface area contributed by atoms with Crippen LogP contribution in [0.2, 0.25) is 0 Å². The number of halogens is 1. The van der Waals surface area contributed by atoms with Crippen molar-refractivity contribution in [3.63, 3.8) is 0 Å². The average molecular weight is 388 g/mol. The monoisotopic (exact) mass is 388 g/mol. The van der Waals surface area contributed by atoms with Crippen molar-refractivity contribution in [2.24, 2.45) is 0 Å². The molecule has 3 aromatic rings. The predicted molar refractivity (Wildman–Crippen MR) is 101 cm³/mol. The van der Waals surface area contributed by atoms with Gasteiger partial charge in [0.15, 0.2) is 0 Å². The normalized spacial score (nSPS) is 12.1. The van der Waals surface area contributed by atoms with Crippen LogP contribution in [0, 0.1) is 5.82 Å². The summed E-state index contributed by atoms with van der Waals surface area (Å²) >= 11 is 0. The molecule has 1 N–H and O–H groups in total. The Bertz CT molecular complexity index is 1020. The highest BCUT2D eigenvalue weighted by atomic mass is 32.2. The van der Waals surface area contributed by atoms with E-state index in [9.17, 15) is 12.8 Å². The second kappa shape index (κ2) is 7.11. The summed E-state index contributed by atoms with van der Waals surface area (Å²) in [4.78, 5) is 4.13. The van der Waals surface area contributed by atoms with Crippen molar-refractivity contribution in [2.45, 2.75) is 37.6 Å². The van der Waals surface area contributed by atoms with Crippen LogP contribution in [0.3, 0.4) is 0 Å². The lowest BCUT2D eigenvalue weighted by molar-refractivity contribution is 0.587. The Morgan fingerprint density at radius 3 is 2.26 bits per heavy atom. The van der Waals surface area contributed by atoms with Crippen molar-refractivity contribution >= 4 is 16.0 Å². The van der Waals surface area contributed by atoms with Gasteiger partial charge in [-0.1, -0.05) is 45.0 Å². The highest BCUT2D eigenvalue weighted by Gasteiger charge is 2.19. The maximum Gasteiger partial charge on any atom is 0.264 e. The molecule has 6 nitrogen and oxygen atoms in total. The van der Waals surface area contributed by atoms with Gasteiger partial charge in [-0.3, -0.25) is 0 Å². The van der Waals surface area contributed by atoms with Crippen LogP contribution in [0.1, 0.15) is 31.9 Å². The summed E-state index contributed by atoms with van der Waals surface area (Å²) in [5.41, 5.74) is 1.81. The molecule has 0 aliphatic heterocycles. The van der Waals surface area contributed by atoms with Gasteiger partial charge in [0.25, 0.3) is 16.0 Å². The number of rotatable bonds is 5. The predicted octanol–water partition coefficient (Wildman–Crippen LogP) is 3.56. The van der Waals surface area contributed by atoms with Crippen molar-refractivity contribution in [2.75, 3.05) is 4.72 Å². The summed E-state index contributed by atoms with van der Waals surface area (Å²) in [6.45, 7) is 6.54. The Morgan fingerprint density at radius 2 is 1.67 bits per heavy atom. The van der Waals surface area contributed by atoms with Gasteiger partial charge in [0.05, 0.1) is 11.4 Å². The lowest BCUT2D eigenvalue weighted by Gasteiger charge is -2.19. The summed E-state index contributed by atoms with van der Waals surface area (Å²) < 4.78 is 41.9. The minimum atomic E-state index is -3.78. The largest absolute Gasteiger partial charge is 0.264 e. The third kappa shape index (κ3) is 4.71. The highest BCUT2D eigenvalue weighted by Crippen LogP contribution is 2.24. The van der Waals surface area contributed by atoms with Gasteiger partial charge in [0.1, 0.15) is 12.1 Å². The Labute approximate surface area is 158 Å². The Balaban J connectivity index is 1.72. The molecule has 0 saturated heterocycles. The zero-order chi connectivity index (χ0) is 19.7. The van der Waals surface area contributed by atoms with Crippen molar-refractivity contribution in [1.82, 2.24) is 14.8 Å². The first-order valence-electron chi connectivity index (χ1n) is 8.41. The number of anilines is 1. The van der Waals surface area contributed by atoms with Crippen molar-refractivity contribution < 1.29 is 12.8 Å². The molecule has 0 fully saturated rings. The minimum absolute atomic E-state index is 0.0167. The molecule has 0 amide bonds. The third-order valence-electron chi connectivity index (χ3n) is 4.05. The summed E-state index contributed by atoms with van der Waals surface area (Å²) in [5, 5.41) is 4.12. The molecule has 8 heteroatoms. The first-order chi connectivity index (χ1) is 12.6. The number of nitrogens with zero attached hydrogens (tertiary/aromatic N) is 3. The molecule has 142 valence electrons. The van der Waals surface area contributed by atoms with E-state index in [0.29, 0.717) is 6.54 Å². The van der Waals surface area contributed by atoms with E-state index in [0.717, 1.165) is 11.1 Å². The molecule has 0 spiro atoms. The van der Waals surface area contributed by atoms with Crippen LogP contribution in [0.4, 0.5) is 10.3 Å². The van der Waals surface area contributed by atoms with Crippen molar-refractivity contribution in [3.05, 3.63) is 71.8 Å². The summed E-state index contributed by atoms with van der Waals surface area (Å²) in [6.07, 6.45) is 1.42. The lowest BCUT2D eigenvalue weighted by atomic mass is 9.87. The first kappa shape index (κ1) is 19.0. The molecule has 3 rings (SSSR count). The van der Waals surface area contributed by atoms with Crippen LogP contribution < -0.4 is 4.72 Å². The minimum Gasteiger partial charge on any atom is -0.246 e. The van der Waals surface area contributed by atoms with E-state index in [1.54, 1.807) is 36.4 Å². The SMILES string of the molecule is CC(C)(C)c1ccc(S(=O)(=O)Nc2ncn(Cc3ccc(F)cc3)n2)cc1. The van der Waals surface area contributed by atoms with Crippen LogP contribution >= 0.6 is 0 Å². The molecule has 0 saturated carbocycles. The van der Waals surface area contributed by atoms with E-state index < -0.39 is 10.0 Å². The molecular weight excluding hydrogens is 367 g/mol. The van der Waals surface area contributed by atoms with Crippen LogP contribution in [0.15, 0.2) is 59.8 Å². The van der Waals surface area contributed by atoms with Gasteiger partial charge < -0.3 is 0 Å². The molecule has 1 heterocycles. The van der Waals surface area contributed by atoms with Gasteiger partial charge in [-0.15, -0.1) is 5.10 Å². The van der Waals surface area contributed by atoms with E-state index in [4.69, 9.17) is 0 Å². The number of hydrogen-bond acceptors (Lipinski definition) is 4. The standard InChI is InChI=1S/C19H21FN4O2S/c1-19(2,3)15-6-10-17(11-7-15)27(25,26)23-18-21-13-24(22-18)12-14-4-8-16(20)9-5-14/h4-11,13H,12H2,1-3H3,(H,22,23). The van der Waals surface area contributed by atoms with Gasteiger partial charge in [0.2, 0.25) is 0 Å². The highest BCUT2D eigenvalue weighted by molar-refractivity contribution is 7.92. The van der Waals surface area contributed by atoms with Gasteiger partial charge in [-0.2, -0.15) is 4.98 Å². The second-order valence-corrected chi connectivity index (χ2v) is 8.95. The molecule has 0 aliphatic carbocycles. The molecule has 0 bridgehead atoms. The summed E-state index contributed by atoms with van der Waals surface area (Å²) in [6, 6.07) is 12.7. The Kier molecular flexibility index (Phi) is 5.01. The summed E-state index contributed by atoms with van der Waals surface area (Å²) in [5.74, 6) is -0.333. The number of nitrogens with one attached hydrogen (secondary N) is 1. The summed E-state index contributed by atoms with van der Waals surface area (Å²) in [7, 11) is -3.78. The molecule has 0 aliphatic rings. The maximum absolute atomic E-state index is 13.0. The fraction of sp³-hybridized carbons (Fsp3) is 0.263. The average Bonchev–Trinajstić information content (AvgIpc) is 3.02. The van der Waals surface area contributed by atoms with Gasteiger partial charge >= 0.3 is 0 Å². The maximum atomic E-state index is 13.0. The quantitative estimate of drug-likeness (QED) is 0.725. The molecule has 2 aromatic carbocycles. The molecule has 0 radical (unpaired) electrons. The Morgan fingerprint density at radius 1 is 1.04 bits per heavy atom. The smallest absolute Gasteiger partial charge is 0.246 e. The van der Waals surface area contributed by atoms with Crippen LogP contribution in [0.5, 0.6) is 0 Å². The van der Waals surface area contributed by atoms with E-state index in [-0.39, 0.29) is 22.1 Å². The Hall–Kier alpha value is -2.74. The fourth-order valence-electron chi connectivity index (χ4n) is 2.51.